The second-order valence-corrected chi connectivity index (χ2v) is 6.78. The highest BCUT2D eigenvalue weighted by Crippen LogP contribution is 2.23. The van der Waals surface area contributed by atoms with E-state index in [0.717, 1.165) is 4.47 Å². The van der Waals surface area contributed by atoms with Gasteiger partial charge in [-0.3, -0.25) is 10.1 Å². The van der Waals surface area contributed by atoms with Crippen LogP contribution in [0.5, 0.6) is 5.75 Å². The normalized spacial score (nSPS) is 10.1. The fraction of sp³-hybridized carbons (Fsp3) is 0.211. The number of thiocarbonyl (C=S) groups is 1. The van der Waals surface area contributed by atoms with Gasteiger partial charge in [-0.2, -0.15) is 0 Å². The third kappa shape index (κ3) is 6.29. The maximum absolute atomic E-state index is 12.6. The van der Waals surface area contributed by atoms with Crippen molar-refractivity contribution in [3.63, 3.8) is 0 Å². The van der Waals surface area contributed by atoms with E-state index < -0.39 is 11.9 Å². The molecule has 0 saturated carbocycles. The number of anilines is 1. The smallest absolute Gasteiger partial charge is 0.337 e. The summed E-state index contributed by atoms with van der Waals surface area (Å²) in [7, 11) is 2.88. The third-order valence-corrected chi connectivity index (χ3v) is 4.22. The van der Waals surface area contributed by atoms with E-state index in [2.05, 4.69) is 31.3 Å². The summed E-state index contributed by atoms with van der Waals surface area (Å²) in [6.07, 6.45) is 0. The van der Waals surface area contributed by atoms with Crippen molar-refractivity contribution < 1.29 is 23.8 Å². The van der Waals surface area contributed by atoms with Crippen molar-refractivity contribution in [1.82, 2.24) is 5.32 Å². The molecule has 0 bridgehead atoms. The summed E-state index contributed by atoms with van der Waals surface area (Å²) < 4.78 is 15.9. The third-order valence-electron chi connectivity index (χ3n) is 3.52. The van der Waals surface area contributed by atoms with Gasteiger partial charge >= 0.3 is 5.97 Å². The van der Waals surface area contributed by atoms with E-state index in [4.69, 9.17) is 21.7 Å². The van der Waals surface area contributed by atoms with Crippen LogP contribution in [0.2, 0.25) is 0 Å². The Hall–Kier alpha value is -2.49. The summed E-state index contributed by atoms with van der Waals surface area (Å²) >= 11 is 8.54. The Kier molecular flexibility index (Phi) is 8.37. The molecule has 1 amide bonds. The minimum Gasteiger partial charge on any atom is -0.490 e. The van der Waals surface area contributed by atoms with Crippen LogP contribution in [0.3, 0.4) is 0 Å². The van der Waals surface area contributed by atoms with Crippen molar-refractivity contribution in [3.8, 4) is 5.75 Å². The van der Waals surface area contributed by atoms with Gasteiger partial charge in [0.1, 0.15) is 12.4 Å². The molecule has 0 fully saturated rings. The van der Waals surface area contributed by atoms with Crippen LogP contribution in [0, 0.1) is 0 Å². The van der Waals surface area contributed by atoms with Gasteiger partial charge in [-0.25, -0.2) is 4.79 Å². The van der Waals surface area contributed by atoms with Crippen LogP contribution in [0.25, 0.3) is 0 Å². The van der Waals surface area contributed by atoms with E-state index in [0.29, 0.717) is 35.8 Å². The van der Waals surface area contributed by atoms with Gasteiger partial charge in [0.05, 0.1) is 24.8 Å². The van der Waals surface area contributed by atoms with Crippen LogP contribution in [-0.2, 0) is 9.47 Å². The molecule has 0 aliphatic heterocycles. The molecule has 0 spiro atoms. The number of halogens is 1. The lowest BCUT2D eigenvalue weighted by molar-refractivity contribution is 0.0600. The Labute approximate surface area is 176 Å². The zero-order valence-corrected chi connectivity index (χ0v) is 17.7. The van der Waals surface area contributed by atoms with Crippen molar-refractivity contribution in [3.05, 3.63) is 58.1 Å². The number of rotatable bonds is 7. The minimum atomic E-state index is -0.432. The van der Waals surface area contributed by atoms with E-state index >= 15 is 0 Å². The summed E-state index contributed by atoms with van der Waals surface area (Å²) in [5, 5.41) is 5.61. The number of carbonyl (C=O) groups excluding carboxylic acids is 2. The van der Waals surface area contributed by atoms with Gasteiger partial charge in [0.2, 0.25) is 0 Å². The van der Waals surface area contributed by atoms with E-state index in [-0.39, 0.29) is 5.11 Å². The fourth-order valence-electron chi connectivity index (χ4n) is 2.18. The molecule has 0 aromatic heterocycles. The molecule has 0 atom stereocenters. The number of hydrogen-bond acceptors (Lipinski definition) is 6. The Balaban J connectivity index is 2.03. The van der Waals surface area contributed by atoms with Crippen molar-refractivity contribution in [2.75, 3.05) is 32.8 Å². The van der Waals surface area contributed by atoms with Gasteiger partial charge in [0, 0.05) is 17.3 Å². The van der Waals surface area contributed by atoms with Crippen molar-refractivity contribution in [2.45, 2.75) is 0 Å². The molecule has 7 nitrogen and oxygen atoms in total. The lowest BCUT2D eigenvalue weighted by atomic mass is 10.2. The Bertz CT molecular complexity index is 858. The molecule has 0 heterocycles. The number of benzene rings is 2. The number of esters is 1. The monoisotopic (exact) mass is 466 g/mol. The molecule has 0 aliphatic rings. The van der Waals surface area contributed by atoms with Crippen molar-refractivity contribution >= 4 is 50.8 Å². The number of ether oxygens (including phenoxy) is 3. The van der Waals surface area contributed by atoms with Crippen LogP contribution in [0.15, 0.2) is 46.9 Å². The zero-order chi connectivity index (χ0) is 20.5. The van der Waals surface area contributed by atoms with E-state index in [1.807, 2.05) is 0 Å². The second kappa shape index (κ2) is 10.7. The van der Waals surface area contributed by atoms with Crippen LogP contribution in [0.1, 0.15) is 20.7 Å². The molecule has 2 N–H and O–H groups in total. The van der Waals surface area contributed by atoms with Crippen LogP contribution in [-0.4, -0.2) is 44.4 Å². The molecule has 0 aliphatic carbocycles. The van der Waals surface area contributed by atoms with Crippen molar-refractivity contribution in [1.29, 1.82) is 0 Å². The second-order valence-electron chi connectivity index (χ2n) is 5.46. The highest BCUT2D eigenvalue weighted by atomic mass is 79.9. The maximum atomic E-state index is 12.6. The summed E-state index contributed by atoms with van der Waals surface area (Å²) in [6, 6.07) is 11.6. The van der Waals surface area contributed by atoms with Gasteiger partial charge in [-0.15, -0.1) is 0 Å². The molecule has 0 saturated heterocycles. The van der Waals surface area contributed by atoms with Crippen LogP contribution >= 0.6 is 28.1 Å². The first-order valence-corrected chi connectivity index (χ1v) is 9.36. The van der Waals surface area contributed by atoms with E-state index in [1.54, 1.807) is 49.6 Å². The van der Waals surface area contributed by atoms with E-state index in [9.17, 15) is 9.59 Å². The highest BCUT2D eigenvalue weighted by Gasteiger charge is 2.15. The van der Waals surface area contributed by atoms with Gasteiger partial charge in [0.25, 0.3) is 5.91 Å². The number of methoxy groups -OCH3 is 2. The molecule has 0 radical (unpaired) electrons. The lowest BCUT2D eigenvalue weighted by Crippen LogP contribution is -2.34. The predicted octanol–water partition coefficient (Wildman–Crippen LogP) is 3.39. The lowest BCUT2D eigenvalue weighted by Gasteiger charge is -2.13. The largest absolute Gasteiger partial charge is 0.490 e. The molecule has 9 heteroatoms. The summed E-state index contributed by atoms with van der Waals surface area (Å²) in [5.74, 6) is -0.432. The van der Waals surface area contributed by atoms with Crippen molar-refractivity contribution in [2.24, 2.45) is 0 Å². The predicted molar refractivity (Wildman–Crippen MR) is 113 cm³/mol. The Morgan fingerprint density at radius 3 is 2.43 bits per heavy atom. The van der Waals surface area contributed by atoms with E-state index in [1.165, 1.54) is 7.11 Å². The van der Waals surface area contributed by atoms with Gasteiger partial charge in [-0.1, -0.05) is 15.9 Å². The first kappa shape index (κ1) is 21.8. The van der Waals surface area contributed by atoms with Gasteiger partial charge < -0.3 is 19.5 Å². The number of hydrogen-bond donors (Lipinski definition) is 2. The standard InChI is InChI=1S/C19H19BrN2O5S/c1-25-9-10-27-16-8-5-13(20)11-15(16)17(23)22-19(28)21-14-6-3-12(4-7-14)18(24)26-2/h3-8,11H,9-10H2,1-2H3,(H2,21,22,23,28). The van der Waals surface area contributed by atoms with Gasteiger partial charge in [0.15, 0.2) is 5.11 Å². The molecule has 2 aromatic rings. The Morgan fingerprint density at radius 1 is 1.07 bits per heavy atom. The quantitative estimate of drug-likeness (QED) is 0.367. The summed E-state index contributed by atoms with van der Waals surface area (Å²) in [4.78, 5) is 24.1. The molecule has 28 heavy (non-hydrogen) atoms. The molecule has 2 aromatic carbocycles. The van der Waals surface area contributed by atoms with Gasteiger partial charge in [-0.05, 0) is 54.7 Å². The molecule has 0 unspecified atom stereocenters. The molecular weight excluding hydrogens is 448 g/mol. The van der Waals surface area contributed by atoms with Crippen LogP contribution < -0.4 is 15.4 Å². The maximum Gasteiger partial charge on any atom is 0.337 e. The van der Waals surface area contributed by atoms with Crippen LogP contribution in [0.4, 0.5) is 5.69 Å². The Morgan fingerprint density at radius 2 is 1.79 bits per heavy atom. The SMILES string of the molecule is COCCOc1ccc(Br)cc1C(=O)NC(=S)Nc1ccc(C(=O)OC)cc1. The average Bonchev–Trinajstić information content (AvgIpc) is 2.69. The highest BCUT2D eigenvalue weighted by molar-refractivity contribution is 9.10. The summed E-state index contributed by atoms with van der Waals surface area (Å²) in [6.45, 7) is 0.715. The first-order valence-electron chi connectivity index (χ1n) is 8.16. The topological polar surface area (TPSA) is 85.9 Å². The molecule has 2 rings (SSSR count). The minimum absolute atomic E-state index is 0.110. The number of carbonyl (C=O) groups is 2. The average molecular weight is 467 g/mol. The fourth-order valence-corrected chi connectivity index (χ4v) is 2.75. The first-order chi connectivity index (χ1) is 13.4. The number of nitrogens with one attached hydrogen (secondary N) is 2. The molecular formula is C19H19BrN2O5S. The zero-order valence-electron chi connectivity index (χ0n) is 15.3. The molecule has 148 valence electrons. The summed E-state index contributed by atoms with van der Waals surface area (Å²) in [5.41, 5.74) is 1.36. The number of amides is 1.